The molecule has 3 nitrogen and oxygen atoms in total. The molecule has 0 aliphatic carbocycles. The van der Waals surface area contributed by atoms with E-state index in [1.54, 1.807) is 11.3 Å². The number of halogens is 3. The summed E-state index contributed by atoms with van der Waals surface area (Å²) in [6.07, 6.45) is 1.57. The summed E-state index contributed by atoms with van der Waals surface area (Å²) in [7, 11) is 0. The third kappa shape index (κ3) is 2.85. The van der Waals surface area contributed by atoms with Crippen LogP contribution in [0.1, 0.15) is 12.3 Å². The zero-order chi connectivity index (χ0) is 11.5. The standard InChI is InChI=1S/C9H7Br2ClN2OS/c10-6-4-5(8(11)16-6)9-14-13-7(15-9)2-1-3-12/h4H,1-3H2. The third-order valence-electron chi connectivity index (χ3n) is 1.88. The van der Waals surface area contributed by atoms with Crippen LogP contribution >= 0.6 is 54.8 Å². The van der Waals surface area contributed by atoms with Crippen molar-refractivity contribution in [3.8, 4) is 11.5 Å². The molecule has 2 heterocycles. The minimum absolute atomic E-state index is 0.540. The van der Waals surface area contributed by atoms with Gasteiger partial charge in [0.15, 0.2) is 0 Å². The van der Waals surface area contributed by atoms with Crippen molar-refractivity contribution >= 4 is 54.8 Å². The molecule has 2 aromatic heterocycles. The first-order valence-electron chi connectivity index (χ1n) is 4.54. The second-order valence-corrected chi connectivity index (χ2v) is 7.16. The highest BCUT2D eigenvalue weighted by atomic mass is 79.9. The lowest BCUT2D eigenvalue weighted by Crippen LogP contribution is -1.85. The van der Waals surface area contributed by atoms with Gasteiger partial charge in [-0.3, -0.25) is 0 Å². The number of aromatic nitrogens is 2. The van der Waals surface area contributed by atoms with Crippen LogP contribution in [0.2, 0.25) is 0 Å². The largest absolute Gasteiger partial charge is 0.421 e. The maximum absolute atomic E-state index is 5.60. The molecule has 0 saturated heterocycles. The van der Waals surface area contributed by atoms with Gasteiger partial charge in [0, 0.05) is 12.3 Å². The van der Waals surface area contributed by atoms with E-state index in [2.05, 4.69) is 42.1 Å². The molecule has 0 unspecified atom stereocenters. The predicted molar refractivity (Wildman–Crippen MR) is 72.1 cm³/mol. The van der Waals surface area contributed by atoms with Crippen LogP contribution in [0.15, 0.2) is 18.1 Å². The summed E-state index contributed by atoms with van der Waals surface area (Å²) in [6, 6.07) is 1.95. The summed E-state index contributed by atoms with van der Waals surface area (Å²) in [6.45, 7) is 0. The Hall–Kier alpha value is 0.0900. The minimum Gasteiger partial charge on any atom is -0.421 e. The number of hydrogen-bond donors (Lipinski definition) is 0. The van der Waals surface area contributed by atoms with Gasteiger partial charge in [-0.2, -0.15) is 0 Å². The van der Waals surface area contributed by atoms with Gasteiger partial charge in [-0.25, -0.2) is 0 Å². The van der Waals surface area contributed by atoms with E-state index in [-0.39, 0.29) is 0 Å². The Morgan fingerprint density at radius 2 is 2.19 bits per heavy atom. The van der Waals surface area contributed by atoms with Crippen molar-refractivity contribution in [1.82, 2.24) is 10.2 Å². The lowest BCUT2D eigenvalue weighted by Gasteiger charge is -1.90. The molecular weight excluding hydrogens is 379 g/mol. The molecule has 0 N–H and O–H groups in total. The van der Waals surface area contributed by atoms with Gasteiger partial charge in [0.05, 0.1) is 13.1 Å². The van der Waals surface area contributed by atoms with Crippen LogP contribution in [0.3, 0.4) is 0 Å². The molecular formula is C9H7Br2ClN2OS. The van der Waals surface area contributed by atoms with Crippen molar-refractivity contribution in [3.05, 3.63) is 19.5 Å². The fourth-order valence-electron chi connectivity index (χ4n) is 1.17. The quantitative estimate of drug-likeness (QED) is 0.727. The SMILES string of the molecule is ClCCCc1nnc(-c2cc(Br)sc2Br)o1. The molecule has 0 saturated carbocycles. The van der Waals surface area contributed by atoms with Crippen LogP contribution in [0.25, 0.3) is 11.5 Å². The Labute approximate surface area is 118 Å². The van der Waals surface area contributed by atoms with Gasteiger partial charge in [-0.05, 0) is 44.3 Å². The Kier molecular flexibility index (Phi) is 4.41. The van der Waals surface area contributed by atoms with Crippen molar-refractivity contribution in [1.29, 1.82) is 0 Å². The number of nitrogens with zero attached hydrogens (tertiary/aromatic N) is 2. The monoisotopic (exact) mass is 384 g/mol. The van der Waals surface area contributed by atoms with Crippen molar-refractivity contribution in [3.63, 3.8) is 0 Å². The number of aryl methyl sites for hydroxylation is 1. The van der Waals surface area contributed by atoms with Gasteiger partial charge in [0.25, 0.3) is 0 Å². The highest BCUT2D eigenvalue weighted by Gasteiger charge is 2.14. The van der Waals surface area contributed by atoms with Gasteiger partial charge >= 0.3 is 0 Å². The second kappa shape index (κ2) is 5.62. The summed E-state index contributed by atoms with van der Waals surface area (Å²) in [5, 5.41) is 7.98. The van der Waals surface area contributed by atoms with Crippen molar-refractivity contribution in [2.24, 2.45) is 0 Å². The predicted octanol–water partition coefficient (Wildman–Crippen LogP) is 4.49. The summed E-state index contributed by atoms with van der Waals surface area (Å²) in [5.41, 5.74) is 0.918. The van der Waals surface area contributed by atoms with E-state index in [9.17, 15) is 0 Å². The fraction of sp³-hybridized carbons (Fsp3) is 0.333. The van der Waals surface area contributed by atoms with Gasteiger partial charge < -0.3 is 4.42 Å². The van der Waals surface area contributed by atoms with Crippen LogP contribution in [0.5, 0.6) is 0 Å². The van der Waals surface area contributed by atoms with Crippen LogP contribution in [0.4, 0.5) is 0 Å². The van der Waals surface area contributed by atoms with Gasteiger partial charge in [0.2, 0.25) is 11.8 Å². The van der Waals surface area contributed by atoms with Crippen LogP contribution in [-0.2, 0) is 6.42 Å². The molecule has 2 aromatic rings. The lowest BCUT2D eigenvalue weighted by atomic mass is 10.3. The van der Waals surface area contributed by atoms with E-state index >= 15 is 0 Å². The molecule has 0 aromatic carbocycles. The molecule has 0 atom stereocenters. The van der Waals surface area contributed by atoms with Gasteiger partial charge in [-0.1, -0.05) is 0 Å². The summed E-state index contributed by atoms with van der Waals surface area (Å²) in [4.78, 5) is 0. The molecule has 16 heavy (non-hydrogen) atoms. The van der Waals surface area contributed by atoms with Crippen molar-refractivity contribution < 1.29 is 4.42 Å². The third-order valence-corrected chi connectivity index (χ3v) is 4.48. The topological polar surface area (TPSA) is 38.9 Å². The molecule has 0 aliphatic heterocycles. The smallest absolute Gasteiger partial charge is 0.249 e. The van der Waals surface area contributed by atoms with Gasteiger partial charge in [-0.15, -0.1) is 33.1 Å². The maximum atomic E-state index is 5.60. The highest BCUT2D eigenvalue weighted by molar-refractivity contribution is 9.12. The normalized spacial score (nSPS) is 10.9. The van der Waals surface area contributed by atoms with E-state index in [4.69, 9.17) is 16.0 Å². The number of thiophene rings is 1. The number of hydrogen-bond acceptors (Lipinski definition) is 4. The maximum Gasteiger partial charge on any atom is 0.249 e. The molecule has 0 radical (unpaired) electrons. The molecule has 2 rings (SSSR count). The average molecular weight is 386 g/mol. The number of rotatable bonds is 4. The molecule has 0 aliphatic rings. The minimum atomic E-state index is 0.540. The first-order chi connectivity index (χ1) is 7.70. The Morgan fingerprint density at radius 3 is 2.81 bits per heavy atom. The number of alkyl halides is 1. The van der Waals surface area contributed by atoms with E-state index in [1.165, 1.54) is 0 Å². The van der Waals surface area contributed by atoms with E-state index in [0.717, 1.165) is 26.0 Å². The Morgan fingerprint density at radius 1 is 1.38 bits per heavy atom. The first kappa shape index (κ1) is 12.5. The van der Waals surface area contributed by atoms with Crippen LogP contribution < -0.4 is 0 Å². The van der Waals surface area contributed by atoms with E-state index in [1.807, 2.05) is 6.07 Å². The zero-order valence-corrected chi connectivity index (χ0v) is 12.8. The molecule has 7 heteroatoms. The molecule has 0 spiro atoms. The van der Waals surface area contributed by atoms with E-state index < -0.39 is 0 Å². The van der Waals surface area contributed by atoms with Crippen molar-refractivity contribution in [2.75, 3.05) is 5.88 Å². The fourth-order valence-corrected chi connectivity index (χ4v) is 4.08. The van der Waals surface area contributed by atoms with Crippen molar-refractivity contribution in [2.45, 2.75) is 12.8 Å². The lowest BCUT2D eigenvalue weighted by molar-refractivity contribution is 0.502. The second-order valence-electron chi connectivity index (χ2n) is 3.03. The van der Waals surface area contributed by atoms with Crippen LogP contribution in [-0.4, -0.2) is 16.1 Å². The molecule has 0 amide bonds. The molecule has 0 bridgehead atoms. The summed E-state index contributed by atoms with van der Waals surface area (Å²) >= 11 is 14.0. The van der Waals surface area contributed by atoms with Crippen LogP contribution in [0, 0.1) is 0 Å². The zero-order valence-electron chi connectivity index (χ0n) is 8.04. The Balaban J connectivity index is 2.21. The molecule has 86 valence electrons. The van der Waals surface area contributed by atoms with E-state index in [0.29, 0.717) is 17.7 Å². The molecule has 0 fully saturated rings. The Bertz CT molecular complexity index is 486. The summed E-state index contributed by atoms with van der Waals surface area (Å²) in [5.74, 6) is 1.77. The highest BCUT2D eigenvalue weighted by Crippen LogP contribution is 2.37. The first-order valence-corrected chi connectivity index (χ1v) is 7.48. The average Bonchev–Trinajstić information content (AvgIpc) is 2.82. The summed E-state index contributed by atoms with van der Waals surface area (Å²) < 4.78 is 7.54. The van der Waals surface area contributed by atoms with Gasteiger partial charge in [0.1, 0.15) is 0 Å².